The van der Waals surface area contributed by atoms with Gasteiger partial charge in [0.05, 0.1) is 0 Å². The molecule has 1 aliphatic rings. The van der Waals surface area contributed by atoms with Crippen LogP contribution in [-0.4, -0.2) is 12.1 Å². The highest BCUT2D eigenvalue weighted by Gasteiger charge is 2.18. The lowest BCUT2D eigenvalue weighted by molar-refractivity contribution is 0.409. The summed E-state index contributed by atoms with van der Waals surface area (Å²) in [6, 6.07) is 9.50. The molecule has 0 aromatic heterocycles. The van der Waals surface area contributed by atoms with Gasteiger partial charge in [0.2, 0.25) is 0 Å². The number of aryl methyl sites for hydroxylation is 1. The smallest absolute Gasteiger partial charge is 0.0344 e. The molecule has 2 unspecified atom stereocenters. The van der Waals surface area contributed by atoms with Crippen LogP contribution in [0.2, 0.25) is 0 Å². The van der Waals surface area contributed by atoms with E-state index in [-0.39, 0.29) is 0 Å². The molecule has 1 aliphatic carbocycles. The standard InChI is InChI=1S/C13H20N2/c1-10-4-2-6-12(8-10)15-13-7-3-5-11(14)9-13/h2,4,6,8,11,13,15H,3,5,7,9,14H2,1H3. The van der Waals surface area contributed by atoms with E-state index in [0.29, 0.717) is 12.1 Å². The van der Waals surface area contributed by atoms with E-state index in [0.717, 1.165) is 6.42 Å². The Kier molecular flexibility index (Phi) is 3.27. The third-order valence-corrected chi connectivity index (χ3v) is 3.10. The monoisotopic (exact) mass is 204 g/mol. The second kappa shape index (κ2) is 4.67. The van der Waals surface area contributed by atoms with Gasteiger partial charge in [0.15, 0.2) is 0 Å². The molecule has 0 spiro atoms. The van der Waals surface area contributed by atoms with Gasteiger partial charge in [-0.3, -0.25) is 0 Å². The first-order valence-electron chi connectivity index (χ1n) is 5.83. The molecule has 1 saturated carbocycles. The minimum Gasteiger partial charge on any atom is -0.382 e. The van der Waals surface area contributed by atoms with Crippen molar-refractivity contribution in [2.75, 3.05) is 5.32 Å². The van der Waals surface area contributed by atoms with Crippen LogP contribution in [0.4, 0.5) is 5.69 Å². The first-order valence-corrected chi connectivity index (χ1v) is 5.83. The predicted molar refractivity (Wildman–Crippen MR) is 65.0 cm³/mol. The van der Waals surface area contributed by atoms with Crippen molar-refractivity contribution in [2.24, 2.45) is 5.73 Å². The molecule has 2 heteroatoms. The molecule has 2 rings (SSSR count). The van der Waals surface area contributed by atoms with E-state index in [1.165, 1.54) is 30.5 Å². The summed E-state index contributed by atoms with van der Waals surface area (Å²) in [5.74, 6) is 0. The summed E-state index contributed by atoms with van der Waals surface area (Å²) in [5, 5.41) is 3.57. The molecule has 0 heterocycles. The van der Waals surface area contributed by atoms with Crippen molar-refractivity contribution in [1.29, 1.82) is 0 Å². The Bertz CT molecular complexity index is 322. The average molecular weight is 204 g/mol. The second-order valence-electron chi connectivity index (χ2n) is 4.64. The first kappa shape index (κ1) is 10.5. The van der Waals surface area contributed by atoms with Crippen LogP contribution < -0.4 is 11.1 Å². The molecular formula is C13H20N2. The van der Waals surface area contributed by atoms with E-state index in [4.69, 9.17) is 5.73 Å². The van der Waals surface area contributed by atoms with Crippen molar-refractivity contribution < 1.29 is 0 Å². The number of nitrogens with two attached hydrogens (primary N) is 1. The van der Waals surface area contributed by atoms with Crippen molar-refractivity contribution >= 4 is 5.69 Å². The zero-order valence-electron chi connectivity index (χ0n) is 9.37. The normalized spacial score (nSPS) is 26.3. The van der Waals surface area contributed by atoms with Crippen molar-refractivity contribution in [2.45, 2.75) is 44.7 Å². The SMILES string of the molecule is Cc1cccc(NC2CCCC(N)C2)c1. The third kappa shape index (κ3) is 2.96. The van der Waals surface area contributed by atoms with Crippen LogP contribution in [-0.2, 0) is 0 Å². The highest BCUT2D eigenvalue weighted by Crippen LogP contribution is 2.21. The maximum absolute atomic E-state index is 5.97. The predicted octanol–water partition coefficient (Wildman–Crippen LogP) is 2.68. The van der Waals surface area contributed by atoms with E-state index >= 15 is 0 Å². The van der Waals surface area contributed by atoms with Crippen LogP contribution in [0.15, 0.2) is 24.3 Å². The molecule has 2 atom stereocenters. The van der Waals surface area contributed by atoms with Crippen LogP contribution in [0.1, 0.15) is 31.2 Å². The van der Waals surface area contributed by atoms with Gasteiger partial charge in [0.25, 0.3) is 0 Å². The third-order valence-electron chi connectivity index (χ3n) is 3.10. The summed E-state index contributed by atoms with van der Waals surface area (Å²) in [6.07, 6.45) is 4.80. The summed E-state index contributed by atoms with van der Waals surface area (Å²) in [5.41, 5.74) is 8.50. The van der Waals surface area contributed by atoms with Crippen molar-refractivity contribution in [1.82, 2.24) is 0 Å². The molecule has 3 N–H and O–H groups in total. The summed E-state index contributed by atoms with van der Waals surface area (Å²) in [4.78, 5) is 0. The molecule has 1 fully saturated rings. The largest absolute Gasteiger partial charge is 0.382 e. The Balaban J connectivity index is 1.96. The Morgan fingerprint density at radius 1 is 1.33 bits per heavy atom. The van der Waals surface area contributed by atoms with Crippen molar-refractivity contribution in [3.63, 3.8) is 0 Å². The van der Waals surface area contributed by atoms with Crippen LogP contribution in [0.25, 0.3) is 0 Å². The van der Waals surface area contributed by atoms with Gasteiger partial charge in [0, 0.05) is 17.8 Å². The zero-order valence-corrected chi connectivity index (χ0v) is 9.37. The first-order chi connectivity index (χ1) is 7.24. The molecule has 2 nitrogen and oxygen atoms in total. The van der Waals surface area contributed by atoms with Gasteiger partial charge in [-0.05, 0) is 50.3 Å². The van der Waals surface area contributed by atoms with Gasteiger partial charge in [-0.15, -0.1) is 0 Å². The molecule has 0 aliphatic heterocycles. The number of benzene rings is 1. The van der Waals surface area contributed by atoms with Gasteiger partial charge in [-0.1, -0.05) is 12.1 Å². The number of nitrogens with one attached hydrogen (secondary N) is 1. The molecule has 0 bridgehead atoms. The van der Waals surface area contributed by atoms with E-state index < -0.39 is 0 Å². The van der Waals surface area contributed by atoms with Gasteiger partial charge in [0.1, 0.15) is 0 Å². The molecule has 0 radical (unpaired) electrons. The van der Waals surface area contributed by atoms with Gasteiger partial charge in [-0.25, -0.2) is 0 Å². The molecular weight excluding hydrogens is 184 g/mol. The Morgan fingerprint density at radius 2 is 2.20 bits per heavy atom. The highest BCUT2D eigenvalue weighted by molar-refractivity contribution is 5.46. The van der Waals surface area contributed by atoms with Crippen LogP contribution >= 0.6 is 0 Å². The lowest BCUT2D eigenvalue weighted by Gasteiger charge is -2.28. The van der Waals surface area contributed by atoms with E-state index in [1.54, 1.807) is 0 Å². The van der Waals surface area contributed by atoms with Crippen LogP contribution in [0, 0.1) is 6.92 Å². The topological polar surface area (TPSA) is 38.0 Å². The fourth-order valence-corrected chi connectivity index (χ4v) is 2.33. The highest BCUT2D eigenvalue weighted by atomic mass is 14.9. The average Bonchev–Trinajstić information content (AvgIpc) is 2.17. The number of hydrogen-bond donors (Lipinski definition) is 2. The maximum Gasteiger partial charge on any atom is 0.0344 e. The minimum atomic E-state index is 0.390. The minimum absolute atomic E-state index is 0.390. The summed E-state index contributed by atoms with van der Waals surface area (Å²) in [6.45, 7) is 2.12. The van der Waals surface area contributed by atoms with Crippen LogP contribution in [0.5, 0.6) is 0 Å². The van der Waals surface area contributed by atoms with Gasteiger partial charge >= 0.3 is 0 Å². The fourth-order valence-electron chi connectivity index (χ4n) is 2.33. The molecule has 15 heavy (non-hydrogen) atoms. The Morgan fingerprint density at radius 3 is 2.93 bits per heavy atom. The Hall–Kier alpha value is -1.02. The molecule has 1 aromatic rings. The molecule has 0 amide bonds. The summed E-state index contributed by atoms with van der Waals surface area (Å²) < 4.78 is 0. The molecule has 0 saturated heterocycles. The maximum atomic E-state index is 5.97. The van der Waals surface area contributed by atoms with E-state index in [2.05, 4.69) is 36.5 Å². The van der Waals surface area contributed by atoms with Gasteiger partial charge < -0.3 is 11.1 Å². The second-order valence-corrected chi connectivity index (χ2v) is 4.64. The zero-order chi connectivity index (χ0) is 10.7. The fraction of sp³-hybridized carbons (Fsp3) is 0.538. The van der Waals surface area contributed by atoms with Gasteiger partial charge in [-0.2, -0.15) is 0 Å². The quantitative estimate of drug-likeness (QED) is 0.777. The number of hydrogen-bond acceptors (Lipinski definition) is 2. The van der Waals surface area contributed by atoms with E-state index in [9.17, 15) is 0 Å². The number of anilines is 1. The Labute approximate surface area is 91.9 Å². The van der Waals surface area contributed by atoms with Crippen molar-refractivity contribution in [3.8, 4) is 0 Å². The summed E-state index contributed by atoms with van der Waals surface area (Å²) in [7, 11) is 0. The van der Waals surface area contributed by atoms with Crippen LogP contribution in [0.3, 0.4) is 0 Å². The molecule has 82 valence electrons. The van der Waals surface area contributed by atoms with Crippen molar-refractivity contribution in [3.05, 3.63) is 29.8 Å². The summed E-state index contributed by atoms with van der Waals surface area (Å²) >= 11 is 0. The lowest BCUT2D eigenvalue weighted by Crippen LogP contribution is -2.34. The van der Waals surface area contributed by atoms with E-state index in [1.807, 2.05) is 0 Å². The lowest BCUT2D eigenvalue weighted by atomic mass is 9.91. The number of rotatable bonds is 2. The molecule has 1 aromatic carbocycles.